The second kappa shape index (κ2) is 8.57. The molecule has 0 N–H and O–H groups in total. The molecule has 0 amide bonds. The van der Waals surface area contributed by atoms with Crippen LogP contribution in [0.1, 0.15) is 48.9 Å². The smallest absolute Gasteiger partial charge is 0.169 e. The van der Waals surface area contributed by atoms with Gasteiger partial charge in [-0.3, -0.25) is 4.79 Å². The van der Waals surface area contributed by atoms with Gasteiger partial charge in [0, 0.05) is 30.2 Å². The Morgan fingerprint density at radius 1 is 1.00 bits per heavy atom. The first-order chi connectivity index (χ1) is 10.2. The van der Waals surface area contributed by atoms with Crippen LogP contribution in [0.2, 0.25) is 0 Å². The summed E-state index contributed by atoms with van der Waals surface area (Å²) in [5, 5.41) is 17.7. The van der Waals surface area contributed by atoms with Crippen molar-refractivity contribution in [1.82, 2.24) is 0 Å². The topological polar surface area (TPSA) is 64.7 Å². The molecule has 0 spiro atoms. The van der Waals surface area contributed by atoms with Crippen molar-refractivity contribution < 1.29 is 4.79 Å². The fourth-order valence-corrected chi connectivity index (χ4v) is 2.51. The number of hydrogen-bond donors (Lipinski definition) is 0. The highest BCUT2D eigenvalue weighted by atomic mass is 16.1. The van der Waals surface area contributed by atoms with E-state index >= 15 is 0 Å². The highest BCUT2D eigenvalue weighted by Crippen LogP contribution is 2.38. The third-order valence-corrected chi connectivity index (χ3v) is 3.70. The largest absolute Gasteiger partial charge is 0.294 e. The average molecular weight is 278 g/mol. The number of carbonyl (C=O) groups is 1. The van der Waals surface area contributed by atoms with Crippen LogP contribution < -0.4 is 0 Å². The van der Waals surface area contributed by atoms with Gasteiger partial charge in [0.2, 0.25) is 0 Å². The van der Waals surface area contributed by atoms with Gasteiger partial charge in [-0.25, -0.2) is 0 Å². The summed E-state index contributed by atoms with van der Waals surface area (Å²) in [6, 6.07) is 13.2. The number of benzene rings is 1. The van der Waals surface area contributed by atoms with E-state index < -0.39 is 5.41 Å². The molecule has 0 aromatic heterocycles. The Kier molecular flexibility index (Phi) is 6.73. The van der Waals surface area contributed by atoms with E-state index in [-0.39, 0.29) is 18.6 Å². The predicted molar refractivity (Wildman–Crippen MR) is 81.0 cm³/mol. The fourth-order valence-electron chi connectivity index (χ4n) is 2.51. The average Bonchev–Trinajstić information content (AvgIpc) is 2.55. The van der Waals surface area contributed by atoms with Crippen LogP contribution >= 0.6 is 0 Å². The summed E-state index contributed by atoms with van der Waals surface area (Å²) in [5.74, 6) is 2.55. The molecule has 1 rings (SSSR count). The maximum Gasteiger partial charge on any atom is 0.169 e. The monoisotopic (exact) mass is 278 g/mol. The standard InChI is InChI=1S/C18H18N2O/c1-2-3-11-18(12-7-14-19,13-8-15-20)17(21)16-9-5-4-6-10-16/h1,4-6,9-10H,3,7-8,11-13H2. The van der Waals surface area contributed by atoms with Crippen molar-refractivity contribution in [2.24, 2.45) is 5.41 Å². The first-order valence-electron chi connectivity index (χ1n) is 6.97. The number of hydrogen-bond acceptors (Lipinski definition) is 3. The number of nitriles is 2. The Labute approximate surface area is 126 Å². The lowest BCUT2D eigenvalue weighted by Crippen LogP contribution is -2.31. The highest BCUT2D eigenvalue weighted by Gasteiger charge is 2.37. The molecular formula is C18H18N2O. The Morgan fingerprint density at radius 2 is 1.52 bits per heavy atom. The SMILES string of the molecule is C#CCCC(CCC#N)(CCC#N)C(=O)c1ccccc1. The van der Waals surface area contributed by atoms with Crippen LogP contribution in [0.4, 0.5) is 0 Å². The lowest BCUT2D eigenvalue weighted by molar-refractivity contribution is 0.0746. The predicted octanol–water partition coefficient (Wildman–Crippen LogP) is 3.88. The summed E-state index contributed by atoms with van der Waals surface area (Å²) < 4.78 is 0. The maximum atomic E-state index is 12.9. The zero-order valence-electron chi connectivity index (χ0n) is 12.0. The number of ketones is 1. The minimum atomic E-state index is -0.709. The molecule has 0 fully saturated rings. The first kappa shape index (κ1) is 16.5. The van der Waals surface area contributed by atoms with Crippen LogP contribution in [0.15, 0.2) is 30.3 Å². The lowest BCUT2D eigenvalue weighted by Gasteiger charge is -2.31. The van der Waals surface area contributed by atoms with Gasteiger partial charge in [0.25, 0.3) is 0 Å². The van der Waals surface area contributed by atoms with E-state index in [1.807, 2.05) is 18.2 Å². The summed E-state index contributed by atoms with van der Waals surface area (Å²) in [6.07, 6.45) is 7.79. The second-order valence-electron chi connectivity index (χ2n) is 5.00. The fraction of sp³-hybridized carbons (Fsp3) is 0.389. The molecule has 106 valence electrons. The minimum Gasteiger partial charge on any atom is -0.294 e. The van der Waals surface area contributed by atoms with E-state index in [9.17, 15) is 4.79 Å². The summed E-state index contributed by atoms with van der Waals surface area (Å²) in [5.41, 5.74) is -0.0930. The molecule has 0 saturated carbocycles. The van der Waals surface area contributed by atoms with Gasteiger partial charge in [-0.1, -0.05) is 30.3 Å². The molecule has 0 atom stereocenters. The first-order valence-corrected chi connectivity index (χ1v) is 6.97. The Morgan fingerprint density at radius 3 is 2.00 bits per heavy atom. The van der Waals surface area contributed by atoms with Gasteiger partial charge in [0.05, 0.1) is 12.1 Å². The molecule has 3 heteroatoms. The Hall–Kier alpha value is -2.57. The highest BCUT2D eigenvalue weighted by molar-refractivity contribution is 6.00. The molecule has 1 aromatic carbocycles. The molecule has 0 aliphatic carbocycles. The molecule has 0 saturated heterocycles. The van der Waals surface area contributed by atoms with Gasteiger partial charge in [-0.2, -0.15) is 10.5 Å². The third-order valence-electron chi connectivity index (χ3n) is 3.70. The summed E-state index contributed by atoms with van der Waals surface area (Å²) in [6.45, 7) is 0. The second-order valence-corrected chi connectivity index (χ2v) is 5.00. The van der Waals surface area contributed by atoms with Crippen LogP contribution in [0.5, 0.6) is 0 Å². The summed E-state index contributed by atoms with van der Waals surface area (Å²) >= 11 is 0. The van der Waals surface area contributed by atoms with Crippen LogP contribution in [0.3, 0.4) is 0 Å². The molecule has 0 heterocycles. The van der Waals surface area contributed by atoms with Crippen molar-refractivity contribution in [3.8, 4) is 24.5 Å². The summed E-state index contributed by atoms with van der Waals surface area (Å²) in [7, 11) is 0. The zero-order chi connectivity index (χ0) is 15.6. The van der Waals surface area contributed by atoms with Crippen LogP contribution in [0, 0.1) is 40.4 Å². The minimum absolute atomic E-state index is 0.0103. The van der Waals surface area contributed by atoms with E-state index in [0.717, 1.165) is 0 Å². The van der Waals surface area contributed by atoms with Crippen molar-refractivity contribution in [2.45, 2.75) is 38.5 Å². The zero-order valence-corrected chi connectivity index (χ0v) is 12.0. The van der Waals surface area contributed by atoms with Crippen molar-refractivity contribution >= 4 is 5.78 Å². The number of rotatable bonds is 8. The van der Waals surface area contributed by atoms with Gasteiger partial charge in [0.15, 0.2) is 5.78 Å². The molecule has 0 aliphatic rings. The molecular weight excluding hydrogens is 260 g/mol. The molecule has 0 radical (unpaired) electrons. The Balaban J connectivity index is 3.13. The number of Topliss-reactive ketones (excluding diaryl/α,β-unsaturated/α-hetero) is 1. The normalized spacial score (nSPS) is 10.1. The number of carbonyl (C=O) groups excluding carboxylic acids is 1. The van der Waals surface area contributed by atoms with Crippen molar-refractivity contribution in [2.75, 3.05) is 0 Å². The van der Waals surface area contributed by atoms with Crippen LogP contribution in [-0.2, 0) is 0 Å². The van der Waals surface area contributed by atoms with Gasteiger partial charge >= 0.3 is 0 Å². The van der Waals surface area contributed by atoms with Gasteiger partial charge in [-0.15, -0.1) is 12.3 Å². The van der Waals surface area contributed by atoms with Gasteiger partial charge in [-0.05, 0) is 19.3 Å². The van der Waals surface area contributed by atoms with E-state index in [1.54, 1.807) is 12.1 Å². The summed E-state index contributed by atoms with van der Waals surface area (Å²) in [4.78, 5) is 12.9. The van der Waals surface area contributed by atoms with Gasteiger partial charge < -0.3 is 0 Å². The van der Waals surface area contributed by atoms with E-state index in [0.29, 0.717) is 31.2 Å². The number of nitrogens with zero attached hydrogens (tertiary/aromatic N) is 2. The molecule has 0 bridgehead atoms. The van der Waals surface area contributed by atoms with Crippen molar-refractivity contribution in [3.63, 3.8) is 0 Å². The van der Waals surface area contributed by atoms with Crippen LogP contribution in [0.25, 0.3) is 0 Å². The van der Waals surface area contributed by atoms with Crippen molar-refractivity contribution in [1.29, 1.82) is 10.5 Å². The molecule has 21 heavy (non-hydrogen) atoms. The van der Waals surface area contributed by atoms with Gasteiger partial charge in [0.1, 0.15) is 0 Å². The molecule has 3 nitrogen and oxygen atoms in total. The van der Waals surface area contributed by atoms with Crippen molar-refractivity contribution in [3.05, 3.63) is 35.9 Å². The number of terminal acetylenes is 1. The lowest BCUT2D eigenvalue weighted by atomic mass is 9.70. The quantitative estimate of drug-likeness (QED) is 0.535. The third kappa shape index (κ3) is 4.48. The molecule has 1 aromatic rings. The van der Waals surface area contributed by atoms with E-state index in [1.165, 1.54) is 0 Å². The Bertz CT molecular complexity index is 539. The molecule has 0 unspecified atom stereocenters. The van der Waals surface area contributed by atoms with Crippen LogP contribution in [-0.4, -0.2) is 5.78 Å². The van der Waals surface area contributed by atoms with E-state index in [2.05, 4.69) is 18.1 Å². The molecule has 0 aliphatic heterocycles. The van der Waals surface area contributed by atoms with E-state index in [4.69, 9.17) is 16.9 Å². The maximum absolute atomic E-state index is 12.9.